The molecule has 4 nitrogen and oxygen atoms in total. The lowest BCUT2D eigenvalue weighted by molar-refractivity contribution is 0.0870. The lowest BCUT2D eigenvalue weighted by atomic mass is 10.3. The van der Waals surface area contributed by atoms with Crippen molar-refractivity contribution in [2.75, 3.05) is 6.54 Å². The molecule has 1 amide bonds. The molecule has 88 valence electrons. The highest BCUT2D eigenvalue weighted by Crippen LogP contribution is 2.36. The zero-order valence-electron chi connectivity index (χ0n) is 9.19. The maximum absolute atomic E-state index is 12.0. The summed E-state index contributed by atoms with van der Waals surface area (Å²) in [5.74, 6) is -0.368. The first-order valence-electron chi connectivity index (χ1n) is 5.16. The molecule has 0 saturated heterocycles. The molecule has 0 radical (unpaired) electrons. The summed E-state index contributed by atoms with van der Waals surface area (Å²) in [7, 11) is -3.54. The number of unbranched alkanes of at least 4 members (excludes halogenated alkanes) is 1. The van der Waals surface area contributed by atoms with Crippen molar-refractivity contribution >= 4 is 27.3 Å². The fraction of sp³-hybridized carbons (Fsp3) is 0.500. The highest BCUT2D eigenvalue weighted by atomic mass is 32.2. The van der Waals surface area contributed by atoms with E-state index in [9.17, 15) is 13.2 Å². The summed E-state index contributed by atoms with van der Waals surface area (Å²) in [6, 6.07) is 1.66. The SMILES string of the molecule is CCCCN1C(=O)c2cc(C)sc2S1(=O)=O. The van der Waals surface area contributed by atoms with E-state index in [0.29, 0.717) is 12.0 Å². The van der Waals surface area contributed by atoms with E-state index in [-0.39, 0.29) is 16.7 Å². The first-order chi connectivity index (χ1) is 7.48. The van der Waals surface area contributed by atoms with Crippen LogP contribution in [0, 0.1) is 6.92 Å². The average Bonchev–Trinajstić information content (AvgIpc) is 2.66. The van der Waals surface area contributed by atoms with Gasteiger partial charge in [-0.2, -0.15) is 0 Å². The summed E-state index contributed by atoms with van der Waals surface area (Å²) in [4.78, 5) is 12.7. The second-order valence-corrected chi connectivity index (χ2v) is 7.11. The van der Waals surface area contributed by atoms with Crippen molar-refractivity contribution < 1.29 is 13.2 Å². The van der Waals surface area contributed by atoms with Crippen LogP contribution in [0.3, 0.4) is 0 Å². The van der Waals surface area contributed by atoms with Crippen LogP contribution in [0.15, 0.2) is 10.3 Å². The molecule has 1 aliphatic heterocycles. The van der Waals surface area contributed by atoms with Gasteiger partial charge in [-0.05, 0) is 19.4 Å². The Balaban J connectivity index is 2.43. The molecule has 2 rings (SSSR count). The number of carbonyl (C=O) groups is 1. The van der Waals surface area contributed by atoms with Gasteiger partial charge in [0, 0.05) is 11.4 Å². The zero-order valence-corrected chi connectivity index (χ0v) is 10.8. The molecule has 0 N–H and O–H groups in total. The highest BCUT2D eigenvalue weighted by Gasteiger charge is 2.42. The van der Waals surface area contributed by atoms with Gasteiger partial charge in [0.1, 0.15) is 0 Å². The van der Waals surface area contributed by atoms with Crippen LogP contribution in [0.2, 0.25) is 0 Å². The molecule has 0 atom stereocenters. The van der Waals surface area contributed by atoms with Gasteiger partial charge >= 0.3 is 0 Å². The monoisotopic (exact) mass is 259 g/mol. The highest BCUT2D eigenvalue weighted by molar-refractivity contribution is 7.92. The van der Waals surface area contributed by atoms with Crippen molar-refractivity contribution in [2.24, 2.45) is 0 Å². The molecule has 16 heavy (non-hydrogen) atoms. The summed E-state index contributed by atoms with van der Waals surface area (Å²) >= 11 is 1.17. The van der Waals surface area contributed by atoms with Crippen LogP contribution in [0.25, 0.3) is 0 Å². The number of aryl methyl sites for hydroxylation is 1. The number of nitrogens with zero attached hydrogens (tertiary/aromatic N) is 1. The summed E-state index contributed by atoms with van der Waals surface area (Å²) in [6.07, 6.45) is 1.57. The Kier molecular flexibility index (Phi) is 2.79. The molecule has 0 spiro atoms. The van der Waals surface area contributed by atoms with Crippen LogP contribution in [0.1, 0.15) is 35.0 Å². The number of hydrogen-bond donors (Lipinski definition) is 0. The number of sulfonamides is 1. The van der Waals surface area contributed by atoms with E-state index in [2.05, 4.69) is 0 Å². The standard InChI is InChI=1S/C10H13NO3S2/c1-3-4-5-11-9(12)8-6-7(2)15-10(8)16(11,13)14/h6H,3-5H2,1-2H3. The second kappa shape index (κ2) is 3.85. The molecular weight excluding hydrogens is 246 g/mol. The van der Waals surface area contributed by atoms with Gasteiger partial charge in [-0.1, -0.05) is 13.3 Å². The summed E-state index contributed by atoms with van der Waals surface area (Å²) in [5, 5.41) is 0. The van der Waals surface area contributed by atoms with Gasteiger partial charge in [0.05, 0.1) is 5.56 Å². The number of amides is 1. The van der Waals surface area contributed by atoms with E-state index in [1.807, 2.05) is 13.8 Å². The van der Waals surface area contributed by atoms with Gasteiger partial charge in [-0.25, -0.2) is 12.7 Å². The quantitative estimate of drug-likeness (QED) is 0.834. The molecule has 0 unspecified atom stereocenters. The van der Waals surface area contributed by atoms with Crippen LogP contribution in [-0.2, 0) is 10.0 Å². The maximum Gasteiger partial charge on any atom is 0.277 e. The Bertz CT molecular complexity index is 530. The minimum absolute atomic E-state index is 0.214. The number of hydrogen-bond acceptors (Lipinski definition) is 4. The predicted octanol–water partition coefficient (Wildman–Crippen LogP) is 2.00. The van der Waals surface area contributed by atoms with E-state index in [1.165, 1.54) is 11.3 Å². The summed E-state index contributed by atoms with van der Waals surface area (Å²) in [5.41, 5.74) is 0.346. The Hall–Kier alpha value is -0.880. The zero-order chi connectivity index (χ0) is 11.9. The summed E-state index contributed by atoms with van der Waals surface area (Å²) < 4.78 is 25.3. The van der Waals surface area contributed by atoms with Crippen molar-refractivity contribution in [2.45, 2.75) is 30.9 Å². The first kappa shape index (κ1) is 11.6. The van der Waals surface area contributed by atoms with Gasteiger partial charge in [0.2, 0.25) is 0 Å². The van der Waals surface area contributed by atoms with Gasteiger partial charge in [0.25, 0.3) is 15.9 Å². The topological polar surface area (TPSA) is 54.5 Å². The van der Waals surface area contributed by atoms with Crippen LogP contribution >= 0.6 is 11.3 Å². The van der Waals surface area contributed by atoms with Crippen molar-refractivity contribution in [3.63, 3.8) is 0 Å². The van der Waals surface area contributed by atoms with Crippen LogP contribution in [0.5, 0.6) is 0 Å². The molecule has 0 aromatic carbocycles. The Morgan fingerprint density at radius 3 is 2.69 bits per heavy atom. The number of carbonyl (C=O) groups excluding carboxylic acids is 1. The third-order valence-electron chi connectivity index (χ3n) is 2.52. The van der Waals surface area contributed by atoms with Crippen molar-refractivity contribution in [1.82, 2.24) is 4.31 Å². The van der Waals surface area contributed by atoms with Crippen molar-refractivity contribution in [3.05, 3.63) is 16.5 Å². The molecule has 2 heterocycles. The molecule has 0 saturated carbocycles. The van der Waals surface area contributed by atoms with E-state index in [0.717, 1.165) is 15.6 Å². The lowest BCUT2D eigenvalue weighted by Crippen LogP contribution is -2.31. The van der Waals surface area contributed by atoms with Crippen molar-refractivity contribution in [1.29, 1.82) is 0 Å². The van der Waals surface area contributed by atoms with Crippen LogP contribution in [-0.4, -0.2) is 25.2 Å². The number of fused-ring (bicyclic) bond motifs is 1. The fourth-order valence-electron chi connectivity index (χ4n) is 1.70. The maximum atomic E-state index is 12.0. The normalized spacial score (nSPS) is 17.9. The molecule has 1 aliphatic rings. The third kappa shape index (κ3) is 1.56. The molecule has 0 bridgehead atoms. The van der Waals surface area contributed by atoms with Gasteiger partial charge in [-0.15, -0.1) is 11.3 Å². The summed E-state index contributed by atoms with van der Waals surface area (Å²) in [6.45, 7) is 4.06. The van der Waals surface area contributed by atoms with E-state index >= 15 is 0 Å². The molecule has 0 aliphatic carbocycles. The largest absolute Gasteiger partial charge is 0.277 e. The number of rotatable bonds is 3. The average molecular weight is 259 g/mol. The lowest BCUT2D eigenvalue weighted by Gasteiger charge is -2.14. The van der Waals surface area contributed by atoms with E-state index in [4.69, 9.17) is 0 Å². The Morgan fingerprint density at radius 2 is 2.12 bits per heavy atom. The van der Waals surface area contributed by atoms with Crippen LogP contribution < -0.4 is 0 Å². The van der Waals surface area contributed by atoms with E-state index in [1.54, 1.807) is 6.07 Å². The minimum Gasteiger partial charge on any atom is -0.268 e. The molecule has 0 fully saturated rings. The predicted molar refractivity (Wildman–Crippen MR) is 62.2 cm³/mol. The van der Waals surface area contributed by atoms with Crippen LogP contribution in [0.4, 0.5) is 0 Å². The van der Waals surface area contributed by atoms with E-state index < -0.39 is 10.0 Å². The van der Waals surface area contributed by atoms with Gasteiger partial charge in [0.15, 0.2) is 4.21 Å². The van der Waals surface area contributed by atoms with Crippen molar-refractivity contribution in [3.8, 4) is 0 Å². The first-order valence-corrected chi connectivity index (χ1v) is 7.41. The Labute approximate surface area is 98.9 Å². The molecular formula is C10H13NO3S2. The van der Waals surface area contributed by atoms with Gasteiger partial charge < -0.3 is 0 Å². The fourth-order valence-corrected chi connectivity index (χ4v) is 4.82. The minimum atomic E-state index is -3.54. The second-order valence-electron chi connectivity index (χ2n) is 3.79. The van der Waals surface area contributed by atoms with Gasteiger partial charge in [-0.3, -0.25) is 4.79 Å². The smallest absolute Gasteiger partial charge is 0.268 e. The third-order valence-corrected chi connectivity index (χ3v) is 5.86. The molecule has 1 aromatic heterocycles. The molecule has 1 aromatic rings. The molecule has 6 heteroatoms. The number of thiophene rings is 1. The Morgan fingerprint density at radius 1 is 1.44 bits per heavy atom.